The van der Waals surface area contributed by atoms with Gasteiger partial charge in [0.05, 0.1) is 13.2 Å². The number of unbranched alkanes of at least 4 members (excludes halogenated alkanes) is 33. The van der Waals surface area contributed by atoms with Gasteiger partial charge in [-0.05, 0) is 83.5 Å². The fourth-order valence-electron chi connectivity index (χ4n) is 8.78. The standard InChI is InChI=1S/C64H116NO8P/c1-3-5-7-9-11-13-15-17-19-21-23-24-25-26-27-28-29-30-31-32-33-34-35-36-37-38-39-41-43-45-47-49-51-53-55-57-64(67)73-62(61-72-74(68,69)71-59-58-65)60-70-63(66)56-54-52-50-48-46-44-42-40-22-20-18-16-14-12-10-8-6-4-2/h5,7,11,13,17,19-20,22-24,26-27,62H,3-4,6,8-10,12,14-16,18,21,25,28-61,65H2,1-2H3,(H,68,69)/b7-5-,13-11-,19-17-,22-20-,24-23-,27-26-. The van der Waals surface area contributed by atoms with Gasteiger partial charge in [-0.1, -0.05) is 267 Å². The van der Waals surface area contributed by atoms with Crippen LogP contribution in [0.5, 0.6) is 0 Å². The maximum atomic E-state index is 12.7. The zero-order chi connectivity index (χ0) is 53.8. The molecule has 0 amide bonds. The molecule has 0 aliphatic carbocycles. The van der Waals surface area contributed by atoms with Crippen molar-refractivity contribution in [3.63, 3.8) is 0 Å². The molecular weight excluding hydrogens is 942 g/mol. The highest BCUT2D eigenvalue weighted by atomic mass is 31.2. The predicted molar refractivity (Wildman–Crippen MR) is 316 cm³/mol. The number of carbonyl (C=O) groups excluding carboxylic acids is 2. The fourth-order valence-corrected chi connectivity index (χ4v) is 9.54. The molecule has 0 radical (unpaired) electrons. The lowest BCUT2D eigenvalue weighted by Gasteiger charge is -2.19. The zero-order valence-corrected chi connectivity index (χ0v) is 49.0. The maximum absolute atomic E-state index is 12.7. The van der Waals surface area contributed by atoms with Gasteiger partial charge in [-0.25, -0.2) is 4.57 Å². The number of carbonyl (C=O) groups is 2. The Balaban J connectivity index is 3.87. The Morgan fingerprint density at radius 1 is 0.419 bits per heavy atom. The van der Waals surface area contributed by atoms with E-state index in [9.17, 15) is 19.0 Å². The monoisotopic (exact) mass is 1060 g/mol. The molecule has 2 atom stereocenters. The van der Waals surface area contributed by atoms with Crippen molar-refractivity contribution >= 4 is 19.8 Å². The van der Waals surface area contributed by atoms with E-state index in [0.717, 1.165) is 83.5 Å². The maximum Gasteiger partial charge on any atom is 0.472 e. The lowest BCUT2D eigenvalue weighted by molar-refractivity contribution is -0.161. The number of hydrogen-bond acceptors (Lipinski definition) is 8. The van der Waals surface area contributed by atoms with Crippen LogP contribution in [0.4, 0.5) is 0 Å². The number of rotatable bonds is 58. The Morgan fingerprint density at radius 2 is 0.743 bits per heavy atom. The van der Waals surface area contributed by atoms with Gasteiger partial charge in [0.2, 0.25) is 0 Å². The number of esters is 2. The molecule has 0 spiro atoms. The summed E-state index contributed by atoms with van der Waals surface area (Å²) in [6, 6.07) is 0. The van der Waals surface area contributed by atoms with E-state index in [4.69, 9.17) is 24.3 Å². The first-order chi connectivity index (χ1) is 36.3. The Bertz CT molecular complexity index is 1440. The highest BCUT2D eigenvalue weighted by molar-refractivity contribution is 7.47. The van der Waals surface area contributed by atoms with E-state index >= 15 is 0 Å². The van der Waals surface area contributed by atoms with Crippen LogP contribution in [0.1, 0.15) is 290 Å². The van der Waals surface area contributed by atoms with Crippen LogP contribution >= 0.6 is 7.82 Å². The summed E-state index contributed by atoms with van der Waals surface area (Å²) in [6.45, 7) is 3.66. The van der Waals surface area contributed by atoms with Gasteiger partial charge in [-0.15, -0.1) is 0 Å². The molecule has 10 heteroatoms. The van der Waals surface area contributed by atoms with Crippen molar-refractivity contribution < 1.29 is 37.6 Å². The van der Waals surface area contributed by atoms with Crippen LogP contribution in [0.2, 0.25) is 0 Å². The number of phosphoric acid groups is 1. The van der Waals surface area contributed by atoms with Gasteiger partial charge in [0.15, 0.2) is 6.10 Å². The summed E-state index contributed by atoms with van der Waals surface area (Å²) in [6.07, 6.45) is 76.9. The molecule has 0 heterocycles. The van der Waals surface area contributed by atoms with Crippen LogP contribution < -0.4 is 5.73 Å². The number of phosphoric ester groups is 1. The molecule has 0 aromatic carbocycles. The Morgan fingerprint density at radius 3 is 1.12 bits per heavy atom. The first-order valence-corrected chi connectivity index (χ1v) is 32.4. The van der Waals surface area contributed by atoms with Crippen molar-refractivity contribution in [1.82, 2.24) is 0 Å². The minimum atomic E-state index is -4.39. The van der Waals surface area contributed by atoms with Crippen LogP contribution in [-0.2, 0) is 32.7 Å². The van der Waals surface area contributed by atoms with Gasteiger partial charge in [0.25, 0.3) is 0 Å². The third-order valence-electron chi connectivity index (χ3n) is 13.3. The van der Waals surface area contributed by atoms with Crippen molar-refractivity contribution in [2.45, 2.75) is 296 Å². The summed E-state index contributed by atoms with van der Waals surface area (Å²) in [5.74, 6) is -0.822. The second-order valence-electron chi connectivity index (χ2n) is 20.5. The summed E-state index contributed by atoms with van der Waals surface area (Å²) in [5, 5.41) is 0. The van der Waals surface area contributed by atoms with Gasteiger partial charge >= 0.3 is 19.8 Å². The minimum Gasteiger partial charge on any atom is -0.462 e. The van der Waals surface area contributed by atoms with Gasteiger partial charge in [0.1, 0.15) is 6.61 Å². The molecule has 0 aromatic rings. The Hall–Kier alpha value is -2.55. The number of hydrogen-bond donors (Lipinski definition) is 2. The predicted octanol–water partition coefficient (Wildman–Crippen LogP) is 19.7. The van der Waals surface area contributed by atoms with Crippen LogP contribution in [0, 0.1) is 0 Å². The molecule has 0 aromatic heterocycles. The summed E-state index contributed by atoms with van der Waals surface area (Å²) >= 11 is 0. The second kappa shape index (κ2) is 59.7. The van der Waals surface area contributed by atoms with Crippen molar-refractivity contribution in [1.29, 1.82) is 0 Å². The summed E-state index contributed by atoms with van der Waals surface area (Å²) in [5.41, 5.74) is 5.39. The van der Waals surface area contributed by atoms with Gasteiger partial charge in [-0.2, -0.15) is 0 Å². The van der Waals surface area contributed by atoms with Gasteiger partial charge in [0, 0.05) is 19.4 Å². The Labute approximate surface area is 456 Å². The molecule has 0 bridgehead atoms. The molecule has 0 saturated carbocycles. The quantitative estimate of drug-likeness (QED) is 0.0264. The fraction of sp³-hybridized carbons (Fsp3) is 0.781. The number of ether oxygens (including phenoxy) is 2. The molecule has 0 aliphatic heterocycles. The second-order valence-corrected chi connectivity index (χ2v) is 22.0. The third-order valence-corrected chi connectivity index (χ3v) is 14.3. The average molecular weight is 1060 g/mol. The minimum absolute atomic E-state index is 0.0526. The lowest BCUT2D eigenvalue weighted by atomic mass is 10.0. The van der Waals surface area contributed by atoms with Crippen LogP contribution in [0.3, 0.4) is 0 Å². The zero-order valence-electron chi connectivity index (χ0n) is 48.1. The first kappa shape index (κ1) is 71.5. The van der Waals surface area contributed by atoms with Crippen LogP contribution in [-0.4, -0.2) is 49.3 Å². The van der Waals surface area contributed by atoms with E-state index in [1.54, 1.807) is 0 Å². The molecule has 3 N–H and O–H groups in total. The van der Waals surface area contributed by atoms with Crippen LogP contribution in [0.25, 0.3) is 0 Å². The highest BCUT2D eigenvalue weighted by Crippen LogP contribution is 2.43. The first-order valence-electron chi connectivity index (χ1n) is 30.9. The largest absolute Gasteiger partial charge is 0.472 e. The average Bonchev–Trinajstić information content (AvgIpc) is 3.39. The van der Waals surface area contributed by atoms with Crippen molar-refractivity contribution in [3.05, 3.63) is 72.9 Å². The van der Waals surface area contributed by atoms with Crippen molar-refractivity contribution in [2.24, 2.45) is 5.73 Å². The van der Waals surface area contributed by atoms with Crippen molar-refractivity contribution in [3.8, 4) is 0 Å². The molecule has 0 saturated heterocycles. The molecule has 2 unspecified atom stereocenters. The summed E-state index contributed by atoms with van der Waals surface area (Å²) < 4.78 is 33.1. The molecule has 0 rings (SSSR count). The van der Waals surface area contributed by atoms with Crippen LogP contribution in [0.15, 0.2) is 72.9 Å². The van der Waals surface area contributed by atoms with Crippen molar-refractivity contribution in [2.75, 3.05) is 26.4 Å². The smallest absolute Gasteiger partial charge is 0.462 e. The molecule has 74 heavy (non-hydrogen) atoms. The molecular formula is C64H116NO8P. The van der Waals surface area contributed by atoms with Gasteiger partial charge < -0.3 is 20.1 Å². The van der Waals surface area contributed by atoms with E-state index in [1.807, 2.05) is 0 Å². The van der Waals surface area contributed by atoms with E-state index in [1.165, 1.54) is 173 Å². The molecule has 9 nitrogen and oxygen atoms in total. The lowest BCUT2D eigenvalue weighted by Crippen LogP contribution is -2.29. The van der Waals surface area contributed by atoms with Gasteiger partial charge in [-0.3, -0.25) is 18.6 Å². The normalized spacial score (nSPS) is 13.5. The van der Waals surface area contributed by atoms with E-state index < -0.39 is 26.5 Å². The van der Waals surface area contributed by atoms with E-state index in [2.05, 4.69) is 86.8 Å². The number of nitrogens with two attached hydrogens (primary N) is 1. The SMILES string of the molecule is CC/C=C\C/C=C\C/C=C\C/C=C\C/C=C\CCCCCCCCCCCCCCCCCCCCCC(=O)OC(COC(=O)CCCCCCCCC/C=C\CCCCCCCCC)COP(=O)(O)OCCN. The van der Waals surface area contributed by atoms with E-state index in [-0.39, 0.29) is 38.6 Å². The molecule has 0 fully saturated rings. The van der Waals surface area contributed by atoms with E-state index in [0.29, 0.717) is 6.42 Å². The molecule has 430 valence electrons. The third kappa shape index (κ3) is 58.7. The highest BCUT2D eigenvalue weighted by Gasteiger charge is 2.26. The molecule has 0 aliphatic rings. The number of allylic oxidation sites excluding steroid dienone is 12. The summed E-state index contributed by atoms with van der Waals surface area (Å²) in [4.78, 5) is 35.2. The summed E-state index contributed by atoms with van der Waals surface area (Å²) in [7, 11) is -4.39. The Kier molecular flexibility index (Phi) is 57.6. The topological polar surface area (TPSA) is 134 Å².